The number of benzene rings is 1. The van der Waals surface area contributed by atoms with Gasteiger partial charge in [0.2, 0.25) is 5.91 Å². The van der Waals surface area contributed by atoms with Gasteiger partial charge in [0.15, 0.2) is 0 Å². The fraction of sp³-hybridized carbons (Fsp3) is 0.474. The van der Waals surface area contributed by atoms with E-state index in [1.807, 2.05) is 38.1 Å². The van der Waals surface area contributed by atoms with Crippen LogP contribution in [0.2, 0.25) is 0 Å². The zero-order valence-electron chi connectivity index (χ0n) is 14.7. The fourth-order valence-corrected chi connectivity index (χ4v) is 2.31. The first kappa shape index (κ1) is 19.9. The predicted molar refractivity (Wildman–Crippen MR) is 94.3 cm³/mol. The number of rotatable bonds is 9. The summed E-state index contributed by atoms with van der Waals surface area (Å²) in [4.78, 5) is 25.6. The number of aliphatic hydroxyl groups is 1. The summed E-state index contributed by atoms with van der Waals surface area (Å²) < 4.78 is 4.90. The van der Waals surface area contributed by atoms with Crippen LogP contribution in [0.3, 0.4) is 0 Å². The lowest BCUT2D eigenvalue weighted by molar-refractivity contribution is -0.144. The number of carbonyl (C=O) groups excluding carboxylic acids is 2. The Morgan fingerprint density at radius 3 is 2.46 bits per heavy atom. The van der Waals surface area contributed by atoms with Crippen LogP contribution in [-0.2, 0) is 14.3 Å². The molecule has 0 aliphatic carbocycles. The Morgan fingerprint density at radius 1 is 1.25 bits per heavy atom. The maximum atomic E-state index is 12.5. The Balaban J connectivity index is 2.78. The Hall–Kier alpha value is -2.14. The molecule has 0 heterocycles. The van der Waals surface area contributed by atoms with Crippen LogP contribution in [0, 0.1) is 6.92 Å². The lowest BCUT2D eigenvalue weighted by atomic mass is 10.1. The van der Waals surface area contributed by atoms with Crippen molar-refractivity contribution in [2.45, 2.75) is 39.7 Å². The molecule has 1 amide bonds. The third-order valence-electron chi connectivity index (χ3n) is 3.76. The molecule has 1 rings (SSSR count). The molecule has 1 aromatic carbocycles. The average molecular weight is 333 g/mol. The molecule has 132 valence electrons. The monoisotopic (exact) mass is 333 g/mol. The highest BCUT2D eigenvalue weighted by Gasteiger charge is 2.21. The zero-order valence-corrected chi connectivity index (χ0v) is 14.7. The second-order valence-electron chi connectivity index (χ2n) is 5.58. The van der Waals surface area contributed by atoms with E-state index in [1.54, 1.807) is 13.0 Å². The molecule has 0 bridgehead atoms. The molecule has 0 aromatic heterocycles. The van der Waals surface area contributed by atoms with E-state index in [0.29, 0.717) is 13.0 Å². The van der Waals surface area contributed by atoms with Gasteiger partial charge in [-0.05, 0) is 31.9 Å². The van der Waals surface area contributed by atoms with Crippen LogP contribution in [-0.4, -0.2) is 47.7 Å². The van der Waals surface area contributed by atoms with Crippen molar-refractivity contribution in [3.63, 3.8) is 0 Å². The maximum absolute atomic E-state index is 12.5. The van der Waals surface area contributed by atoms with E-state index in [1.165, 1.54) is 11.0 Å². The highest BCUT2D eigenvalue weighted by Crippen LogP contribution is 2.10. The van der Waals surface area contributed by atoms with Crippen molar-refractivity contribution in [3.8, 4) is 0 Å². The molecular formula is C19H27NO4. The molecule has 1 atom stereocenters. The van der Waals surface area contributed by atoms with Gasteiger partial charge in [-0.25, -0.2) is 0 Å². The third-order valence-corrected chi connectivity index (χ3v) is 3.76. The summed E-state index contributed by atoms with van der Waals surface area (Å²) in [5.74, 6) is -0.564. The number of carbonyl (C=O) groups is 2. The first-order valence-electron chi connectivity index (χ1n) is 8.33. The first-order chi connectivity index (χ1) is 11.5. The van der Waals surface area contributed by atoms with Gasteiger partial charge in [-0.15, -0.1) is 0 Å². The SMILES string of the molecule is CCOC(=O)CCN(C(=O)/C=C/c1ccc(C)cc1)C(CC)CO. The minimum Gasteiger partial charge on any atom is -0.466 e. The normalized spacial score (nSPS) is 12.2. The van der Waals surface area contributed by atoms with E-state index < -0.39 is 0 Å². The molecule has 0 radical (unpaired) electrons. The van der Waals surface area contributed by atoms with Gasteiger partial charge in [-0.3, -0.25) is 9.59 Å². The molecule has 5 heteroatoms. The quantitative estimate of drug-likeness (QED) is 0.557. The van der Waals surface area contributed by atoms with Crippen LogP contribution in [0.15, 0.2) is 30.3 Å². The van der Waals surface area contributed by atoms with Gasteiger partial charge in [0.1, 0.15) is 0 Å². The van der Waals surface area contributed by atoms with Crippen LogP contribution < -0.4 is 0 Å². The molecule has 0 saturated heterocycles. The highest BCUT2D eigenvalue weighted by molar-refractivity contribution is 5.92. The minimum atomic E-state index is -0.342. The van der Waals surface area contributed by atoms with Crippen LogP contribution >= 0.6 is 0 Å². The number of hydrogen-bond donors (Lipinski definition) is 1. The number of ether oxygens (including phenoxy) is 1. The van der Waals surface area contributed by atoms with Gasteiger partial charge in [0.25, 0.3) is 0 Å². The Labute approximate surface area is 143 Å². The number of hydrogen-bond acceptors (Lipinski definition) is 4. The summed E-state index contributed by atoms with van der Waals surface area (Å²) in [6.07, 6.45) is 3.95. The van der Waals surface area contributed by atoms with E-state index >= 15 is 0 Å². The Morgan fingerprint density at radius 2 is 1.92 bits per heavy atom. The third kappa shape index (κ3) is 6.54. The smallest absolute Gasteiger partial charge is 0.307 e. The van der Waals surface area contributed by atoms with E-state index in [2.05, 4.69) is 0 Å². The number of amides is 1. The Kier molecular flexibility index (Phi) is 8.79. The van der Waals surface area contributed by atoms with Crippen molar-refractivity contribution in [1.82, 2.24) is 4.90 Å². The second-order valence-corrected chi connectivity index (χ2v) is 5.58. The van der Waals surface area contributed by atoms with Crippen LogP contribution in [0.1, 0.15) is 37.8 Å². The molecule has 1 N–H and O–H groups in total. The van der Waals surface area contributed by atoms with E-state index in [4.69, 9.17) is 4.74 Å². The molecule has 0 spiro atoms. The van der Waals surface area contributed by atoms with Crippen LogP contribution in [0.25, 0.3) is 6.08 Å². The summed E-state index contributed by atoms with van der Waals surface area (Å²) in [7, 11) is 0. The van der Waals surface area contributed by atoms with Gasteiger partial charge < -0.3 is 14.7 Å². The van der Waals surface area contributed by atoms with E-state index in [9.17, 15) is 14.7 Å². The van der Waals surface area contributed by atoms with Crippen molar-refractivity contribution in [2.24, 2.45) is 0 Å². The van der Waals surface area contributed by atoms with Crippen LogP contribution in [0.4, 0.5) is 0 Å². The van der Waals surface area contributed by atoms with Gasteiger partial charge in [-0.1, -0.05) is 36.8 Å². The van der Waals surface area contributed by atoms with Crippen molar-refractivity contribution in [3.05, 3.63) is 41.5 Å². The second kappa shape index (κ2) is 10.6. The molecular weight excluding hydrogens is 306 g/mol. The lowest BCUT2D eigenvalue weighted by Gasteiger charge is -2.28. The zero-order chi connectivity index (χ0) is 17.9. The van der Waals surface area contributed by atoms with Gasteiger partial charge >= 0.3 is 5.97 Å². The summed E-state index contributed by atoms with van der Waals surface area (Å²) in [5, 5.41) is 9.50. The standard InChI is InChI=1S/C19H27NO4/c1-4-17(14-21)20(13-12-19(23)24-5-2)18(22)11-10-16-8-6-15(3)7-9-16/h6-11,17,21H,4-5,12-14H2,1-3H3/b11-10+. The summed E-state index contributed by atoms with van der Waals surface area (Å²) in [6.45, 7) is 6.06. The lowest BCUT2D eigenvalue weighted by Crippen LogP contribution is -2.42. The number of nitrogens with zero attached hydrogens (tertiary/aromatic N) is 1. The first-order valence-corrected chi connectivity index (χ1v) is 8.33. The maximum Gasteiger partial charge on any atom is 0.307 e. The summed E-state index contributed by atoms with van der Waals surface area (Å²) >= 11 is 0. The molecule has 0 fully saturated rings. The number of aliphatic hydroxyl groups excluding tert-OH is 1. The summed E-state index contributed by atoms with van der Waals surface area (Å²) in [6, 6.07) is 7.52. The largest absolute Gasteiger partial charge is 0.466 e. The molecule has 24 heavy (non-hydrogen) atoms. The summed E-state index contributed by atoms with van der Waals surface area (Å²) in [5.41, 5.74) is 2.08. The van der Waals surface area contributed by atoms with Crippen LogP contribution in [0.5, 0.6) is 0 Å². The van der Waals surface area contributed by atoms with E-state index in [0.717, 1.165) is 11.1 Å². The molecule has 1 aromatic rings. The fourth-order valence-electron chi connectivity index (χ4n) is 2.31. The topological polar surface area (TPSA) is 66.8 Å². The van der Waals surface area contributed by atoms with Crippen molar-refractivity contribution < 1.29 is 19.4 Å². The molecule has 0 aliphatic heterocycles. The van der Waals surface area contributed by atoms with Crippen molar-refractivity contribution in [2.75, 3.05) is 19.8 Å². The van der Waals surface area contributed by atoms with Gasteiger partial charge in [-0.2, -0.15) is 0 Å². The molecule has 5 nitrogen and oxygen atoms in total. The molecule has 0 aliphatic rings. The minimum absolute atomic E-state index is 0.119. The van der Waals surface area contributed by atoms with Gasteiger partial charge in [0.05, 0.1) is 25.7 Å². The average Bonchev–Trinajstić information content (AvgIpc) is 2.58. The molecule has 1 unspecified atom stereocenters. The van der Waals surface area contributed by atoms with Crippen molar-refractivity contribution in [1.29, 1.82) is 0 Å². The number of aryl methyl sites for hydroxylation is 1. The van der Waals surface area contributed by atoms with E-state index in [-0.39, 0.29) is 37.5 Å². The molecule has 0 saturated carbocycles. The Bertz CT molecular complexity index is 547. The highest BCUT2D eigenvalue weighted by atomic mass is 16.5. The van der Waals surface area contributed by atoms with Gasteiger partial charge in [0, 0.05) is 12.6 Å². The van der Waals surface area contributed by atoms with Crippen molar-refractivity contribution >= 4 is 18.0 Å². The predicted octanol–water partition coefficient (Wildman–Crippen LogP) is 2.56. The number of esters is 1.